The first-order chi connectivity index (χ1) is 7.74. The molecule has 0 saturated carbocycles. The van der Waals surface area contributed by atoms with Gasteiger partial charge in [-0.25, -0.2) is 0 Å². The van der Waals surface area contributed by atoms with Gasteiger partial charge in [-0.15, -0.1) is 0 Å². The van der Waals surface area contributed by atoms with Crippen LogP contribution in [-0.4, -0.2) is 5.11 Å². The van der Waals surface area contributed by atoms with Crippen molar-refractivity contribution in [3.63, 3.8) is 0 Å². The highest BCUT2D eigenvalue weighted by Crippen LogP contribution is 2.05. The Hall–Kier alpha value is -1.60. The highest BCUT2D eigenvalue weighted by Gasteiger charge is 1.90. The van der Waals surface area contributed by atoms with Gasteiger partial charge in [0, 0.05) is 0 Å². The number of aliphatic hydroxyl groups is 1. The Kier molecular flexibility index (Phi) is 5.30. The minimum absolute atomic E-state index is 0.146. The quantitative estimate of drug-likeness (QED) is 0.770. The van der Waals surface area contributed by atoms with Gasteiger partial charge in [0.05, 0.1) is 6.61 Å². The molecule has 0 saturated heterocycles. The van der Waals surface area contributed by atoms with Crippen LogP contribution in [0.25, 0.3) is 0 Å². The van der Waals surface area contributed by atoms with E-state index in [0.717, 1.165) is 11.1 Å². The highest BCUT2D eigenvalue weighted by molar-refractivity contribution is 5.24. The van der Waals surface area contributed by atoms with E-state index in [0.29, 0.717) is 0 Å². The van der Waals surface area contributed by atoms with Crippen LogP contribution in [0.1, 0.15) is 16.7 Å². The Morgan fingerprint density at radius 3 is 1.75 bits per heavy atom. The molecular weight excluding hydrogens is 196 g/mol. The van der Waals surface area contributed by atoms with Crippen molar-refractivity contribution < 1.29 is 5.11 Å². The Labute approximate surface area is 97.4 Å². The topological polar surface area (TPSA) is 20.2 Å². The van der Waals surface area contributed by atoms with Crippen molar-refractivity contribution in [2.75, 3.05) is 0 Å². The molecule has 0 aliphatic carbocycles. The fourth-order valence-electron chi connectivity index (χ4n) is 1.32. The Morgan fingerprint density at radius 1 is 0.812 bits per heavy atom. The Bertz CT molecular complexity index is 407. The average molecular weight is 214 g/mol. The molecule has 0 amide bonds. The van der Waals surface area contributed by atoms with E-state index in [-0.39, 0.29) is 6.61 Å². The maximum absolute atomic E-state index is 8.72. The second kappa shape index (κ2) is 6.81. The molecule has 0 heterocycles. The third-order valence-electron chi connectivity index (χ3n) is 2.37. The average Bonchev–Trinajstić information content (AvgIpc) is 2.31. The van der Waals surface area contributed by atoms with Gasteiger partial charge in [0.15, 0.2) is 0 Å². The normalized spacial score (nSPS) is 9.19. The van der Waals surface area contributed by atoms with E-state index in [2.05, 4.69) is 19.1 Å². The van der Waals surface area contributed by atoms with Crippen LogP contribution in [0.15, 0.2) is 54.6 Å². The van der Waals surface area contributed by atoms with Crippen molar-refractivity contribution in [1.29, 1.82) is 0 Å². The van der Waals surface area contributed by atoms with Crippen molar-refractivity contribution in [1.82, 2.24) is 0 Å². The maximum atomic E-state index is 8.72. The van der Waals surface area contributed by atoms with E-state index in [1.54, 1.807) is 0 Å². The predicted octanol–water partition coefficient (Wildman–Crippen LogP) is 3.48. The second-order valence-corrected chi connectivity index (χ2v) is 3.74. The summed E-state index contributed by atoms with van der Waals surface area (Å²) in [5, 5.41) is 8.72. The van der Waals surface area contributed by atoms with Crippen LogP contribution in [-0.2, 0) is 6.61 Å². The Morgan fingerprint density at radius 2 is 1.38 bits per heavy atom. The van der Waals surface area contributed by atoms with Gasteiger partial charge in [-0.05, 0) is 25.0 Å². The standard InChI is InChI=1S/C8H10O.C7H8/c1-7-4-2-3-5-8(7)6-9;1-7-5-3-2-4-6-7/h2-5,9H,6H2,1H3;2-6H,1H3. The lowest BCUT2D eigenvalue weighted by Gasteiger charge is -1.97. The molecule has 1 nitrogen and oxygen atoms in total. The summed E-state index contributed by atoms with van der Waals surface area (Å²) < 4.78 is 0. The molecule has 0 unspecified atom stereocenters. The molecule has 2 aromatic carbocycles. The third kappa shape index (κ3) is 4.28. The predicted molar refractivity (Wildman–Crippen MR) is 68.3 cm³/mol. The molecule has 0 fully saturated rings. The van der Waals surface area contributed by atoms with Crippen LogP contribution in [0.5, 0.6) is 0 Å². The Balaban J connectivity index is 0.000000165. The summed E-state index contributed by atoms with van der Waals surface area (Å²) in [4.78, 5) is 0. The van der Waals surface area contributed by atoms with Crippen LogP contribution in [0.2, 0.25) is 0 Å². The number of benzene rings is 2. The van der Waals surface area contributed by atoms with Crippen LogP contribution < -0.4 is 0 Å². The SMILES string of the molecule is Cc1ccccc1.Cc1ccccc1CO. The summed E-state index contributed by atoms with van der Waals surface area (Å²) in [5.74, 6) is 0. The fraction of sp³-hybridized carbons (Fsp3) is 0.200. The molecule has 0 atom stereocenters. The largest absolute Gasteiger partial charge is 0.392 e. The summed E-state index contributed by atoms with van der Waals surface area (Å²) >= 11 is 0. The molecular formula is C15H18O. The molecule has 16 heavy (non-hydrogen) atoms. The van der Waals surface area contributed by atoms with E-state index in [1.165, 1.54) is 5.56 Å². The van der Waals surface area contributed by atoms with Gasteiger partial charge >= 0.3 is 0 Å². The van der Waals surface area contributed by atoms with Crippen LogP contribution in [0, 0.1) is 13.8 Å². The summed E-state index contributed by atoms with van der Waals surface area (Å²) in [7, 11) is 0. The molecule has 2 rings (SSSR count). The molecule has 0 spiro atoms. The first-order valence-corrected chi connectivity index (χ1v) is 5.41. The molecule has 0 bridgehead atoms. The van der Waals surface area contributed by atoms with E-state index < -0.39 is 0 Å². The van der Waals surface area contributed by atoms with Crippen molar-refractivity contribution in [2.45, 2.75) is 20.5 Å². The second-order valence-electron chi connectivity index (χ2n) is 3.74. The smallest absolute Gasteiger partial charge is 0.0684 e. The molecule has 0 aromatic heterocycles. The lowest BCUT2D eigenvalue weighted by Crippen LogP contribution is -1.85. The highest BCUT2D eigenvalue weighted by atomic mass is 16.3. The number of aliphatic hydroxyl groups excluding tert-OH is 1. The first-order valence-electron chi connectivity index (χ1n) is 5.41. The summed E-state index contributed by atoms with van der Waals surface area (Å²) in [6.45, 7) is 4.22. The molecule has 0 aliphatic rings. The molecule has 84 valence electrons. The molecule has 2 aromatic rings. The lowest BCUT2D eigenvalue weighted by atomic mass is 10.1. The molecule has 0 aliphatic heterocycles. The van der Waals surface area contributed by atoms with E-state index in [1.807, 2.05) is 49.4 Å². The van der Waals surface area contributed by atoms with Gasteiger partial charge < -0.3 is 5.11 Å². The number of aryl methyl sites for hydroxylation is 2. The van der Waals surface area contributed by atoms with E-state index >= 15 is 0 Å². The van der Waals surface area contributed by atoms with Crippen LogP contribution in [0.3, 0.4) is 0 Å². The molecule has 0 radical (unpaired) electrons. The number of rotatable bonds is 1. The van der Waals surface area contributed by atoms with Gasteiger partial charge in [0.1, 0.15) is 0 Å². The number of hydrogen-bond donors (Lipinski definition) is 1. The zero-order chi connectivity index (χ0) is 11.8. The molecule has 1 heteroatoms. The van der Waals surface area contributed by atoms with Crippen molar-refractivity contribution in [2.24, 2.45) is 0 Å². The minimum Gasteiger partial charge on any atom is -0.392 e. The van der Waals surface area contributed by atoms with Gasteiger partial charge in [-0.1, -0.05) is 60.2 Å². The number of hydrogen-bond acceptors (Lipinski definition) is 1. The fourth-order valence-corrected chi connectivity index (χ4v) is 1.32. The van der Waals surface area contributed by atoms with E-state index in [9.17, 15) is 0 Å². The maximum Gasteiger partial charge on any atom is 0.0684 e. The van der Waals surface area contributed by atoms with E-state index in [4.69, 9.17) is 5.11 Å². The van der Waals surface area contributed by atoms with Crippen molar-refractivity contribution >= 4 is 0 Å². The van der Waals surface area contributed by atoms with Gasteiger partial charge in [0.25, 0.3) is 0 Å². The lowest BCUT2D eigenvalue weighted by molar-refractivity contribution is 0.281. The van der Waals surface area contributed by atoms with Gasteiger partial charge in [0.2, 0.25) is 0 Å². The van der Waals surface area contributed by atoms with Crippen LogP contribution >= 0.6 is 0 Å². The first kappa shape index (κ1) is 12.5. The minimum atomic E-state index is 0.146. The monoisotopic (exact) mass is 214 g/mol. The zero-order valence-corrected chi connectivity index (χ0v) is 9.85. The summed E-state index contributed by atoms with van der Waals surface area (Å²) in [6, 6.07) is 18.1. The van der Waals surface area contributed by atoms with Gasteiger partial charge in [-0.2, -0.15) is 0 Å². The molecule has 1 N–H and O–H groups in total. The summed E-state index contributed by atoms with van der Waals surface area (Å²) in [5.41, 5.74) is 3.49. The van der Waals surface area contributed by atoms with Crippen molar-refractivity contribution in [3.8, 4) is 0 Å². The van der Waals surface area contributed by atoms with Gasteiger partial charge in [-0.3, -0.25) is 0 Å². The summed E-state index contributed by atoms with van der Waals surface area (Å²) in [6.07, 6.45) is 0. The van der Waals surface area contributed by atoms with Crippen molar-refractivity contribution in [3.05, 3.63) is 71.3 Å². The van der Waals surface area contributed by atoms with Crippen LogP contribution in [0.4, 0.5) is 0 Å². The third-order valence-corrected chi connectivity index (χ3v) is 2.37. The zero-order valence-electron chi connectivity index (χ0n) is 9.85.